The third kappa shape index (κ3) is 2.83. The summed E-state index contributed by atoms with van der Waals surface area (Å²) in [6.07, 6.45) is 2.04. The van der Waals surface area contributed by atoms with Crippen LogP contribution in [0.25, 0.3) is 0 Å². The summed E-state index contributed by atoms with van der Waals surface area (Å²) in [5.41, 5.74) is 8.07. The lowest BCUT2D eigenvalue weighted by molar-refractivity contribution is 0.961. The van der Waals surface area contributed by atoms with E-state index in [2.05, 4.69) is 39.1 Å². The van der Waals surface area contributed by atoms with Gasteiger partial charge in [-0.15, -0.1) is 11.3 Å². The summed E-state index contributed by atoms with van der Waals surface area (Å²) in [5, 5.41) is 0.668. The minimum absolute atomic E-state index is 0.668. The molecule has 16 heavy (non-hydrogen) atoms. The number of nitrogens with two attached hydrogens (primary N) is 1. The van der Waals surface area contributed by atoms with Crippen LogP contribution >= 0.6 is 27.3 Å². The lowest BCUT2D eigenvalue weighted by atomic mass is 10.1. The summed E-state index contributed by atoms with van der Waals surface area (Å²) in [7, 11) is 0. The molecule has 2 rings (SSSR count). The zero-order valence-electron chi connectivity index (χ0n) is 9.03. The molecule has 0 saturated heterocycles. The highest BCUT2D eigenvalue weighted by Gasteiger charge is 2.05. The summed E-state index contributed by atoms with van der Waals surface area (Å²) in [4.78, 5) is 5.52. The number of nitrogens with zero attached hydrogens (tertiary/aromatic N) is 1. The maximum Gasteiger partial charge on any atom is 0.180 e. The van der Waals surface area contributed by atoms with Crippen LogP contribution in [-0.2, 0) is 12.8 Å². The van der Waals surface area contributed by atoms with Gasteiger partial charge < -0.3 is 5.73 Å². The largest absolute Gasteiger partial charge is 0.375 e. The summed E-state index contributed by atoms with van der Waals surface area (Å²) < 4.78 is 1.13. The molecule has 0 bridgehead atoms. The smallest absolute Gasteiger partial charge is 0.180 e. The van der Waals surface area contributed by atoms with Gasteiger partial charge in [0, 0.05) is 9.35 Å². The predicted molar refractivity (Wildman–Crippen MR) is 72.8 cm³/mol. The molecular formula is C12H13BrN2S. The molecular weight excluding hydrogens is 284 g/mol. The maximum atomic E-state index is 5.67. The Hall–Kier alpha value is -0.870. The second kappa shape index (κ2) is 4.97. The van der Waals surface area contributed by atoms with Crippen molar-refractivity contribution < 1.29 is 0 Å². The van der Waals surface area contributed by atoms with E-state index in [1.165, 1.54) is 10.4 Å². The van der Waals surface area contributed by atoms with Gasteiger partial charge >= 0.3 is 0 Å². The minimum Gasteiger partial charge on any atom is -0.375 e. The molecule has 0 aliphatic rings. The molecule has 1 heterocycles. The molecule has 0 aliphatic carbocycles. The fraction of sp³-hybridized carbons (Fsp3) is 0.250. The van der Waals surface area contributed by atoms with Crippen LogP contribution in [0.4, 0.5) is 5.13 Å². The van der Waals surface area contributed by atoms with Crippen LogP contribution in [0.3, 0.4) is 0 Å². The van der Waals surface area contributed by atoms with Crippen molar-refractivity contribution in [1.82, 2.24) is 4.98 Å². The summed E-state index contributed by atoms with van der Waals surface area (Å²) in [5.74, 6) is 0. The van der Waals surface area contributed by atoms with Crippen LogP contribution in [0.1, 0.15) is 16.1 Å². The van der Waals surface area contributed by atoms with Crippen LogP contribution in [-0.4, -0.2) is 4.98 Å². The van der Waals surface area contributed by atoms with Crippen molar-refractivity contribution >= 4 is 32.4 Å². The van der Waals surface area contributed by atoms with E-state index in [-0.39, 0.29) is 0 Å². The van der Waals surface area contributed by atoms with Crippen molar-refractivity contribution in [2.24, 2.45) is 0 Å². The van der Waals surface area contributed by atoms with Gasteiger partial charge in [-0.1, -0.05) is 28.1 Å². The van der Waals surface area contributed by atoms with Crippen molar-refractivity contribution in [3.63, 3.8) is 0 Å². The van der Waals surface area contributed by atoms with E-state index < -0.39 is 0 Å². The summed E-state index contributed by atoms with van der Waals surface area (Å²) in [6.45, 7) is 2.02. The zero-order valence-corrected chi connectivity index (χ0v) is 11.4. The molecule has 84 valence electrons. The number of thiazole rings is 1. The Balaban J connectivity index is 2.05. The molecule has 0 amide bonds. The van der Waals surface area contributed by atoms with Gasteiger partial charge in [0.15, 0.2) is 5.13 Å². The van der Waals surface area contributed by atoms with E-state index in [1.807, 2.05) is 13.0 Å². The molecule has 0 unspecified atom stereocenters. The molecule has 0 aliphatic heterocycles. The van der Waals surface area contributed by atoms with Crippen molar-refractivity contribution in [2.75, 3.05) is 5.73 Å². The molecule has 2 N–H and O–H groups in total. The Kier molecular flexibility index (Phi) is 3.61. The van der Waals surface area contributed by atoms with Crippen LogP contribution in [0, 0.1) is 6.92 Å². The van der Waals surface area contributed by atoms with Crippen LogP contribution in [0.5, 0.6) is 0 Å². The fourth-order valence-electron chi connectivity index (χ4n) is 1.63. The summed E-state index contributed by atoms with van der Waals surface area (Å²) in [6, 6.07) is 8.40. The average Bonchev–Trinajstić information content (AvgIpc) is 2.54. The van der Waals surface area contributed by atoms with Gasteiger partial charge in [0.1, 0.15) is 0 Å². The first-order valence-electron chi connectivity index (χ1n) is 5.11. The number of halogens is 1. The van der Waals surface area contributed by atoms with Crippen molar-refractivity contribution in [2.45, 2.75) is 19.8 Å². The molecule has 1 aromatic heterocycles. The number of hydrogen-bond donors (Lipinski definition) is 1. The number of nitrogen functional groups attached to an aromatic ring is 1. The molecule has 0 fully saturated rings. The molecule has 0 radical (unpaired) electrons. The lowest BCUT2D eigenvalue weighted by Crippen LogP contribution is -1.90. The monoisotopic (exact) mass is 296 g/mol. The number of aromatic nitrogens is 1. The first-order valence-corrected chi connectivity index (χ1v) is 6.72. The van der Waals surface area contributed by atoms with Gasteiger partial charge in [0.2, 0.25) is 0 Å². The van der Waals surface area contributed by atoms with Gasteiger partial charge in [0.05, 0.1) is 5.69 Å². The highest BCUT2D eigenvalue weighted by atomic mass is 79.9. The Morgan fingerprint density at radius 3 is 2.81 bits per heavy atom. The second-order valence-corrected chi connectivity index (χ2v) is 5.72. The van der Waals surface area contributed by atoms with Gasteiger partial charge in [-0.2, -0.15) is 0 Å². The lowest BCUT2D eigenvalue weighted by Gasteiger charge is -2.01. The first kappa shape index (κ1) is 11.6. The zero-order chi connectivity index (χ0) is 11.5. The number of aryl methyl sites for hydroxylation is 3. The van der Waals surface area contributed by atoms with E-state index >= 15 is 0 Å². The van der Waals surface area contributed by atoms with E-state index in [1.54, 1.807) is 11.3 Å². The van der Waals surface area contributed by atoms with E-state index in [9.17, 15) is 0 Å². The van der Waals surface area contributed by atoms with Gasteiger partial charge in [-0.3, -0.25) is 0 Å². The van der Waals surface area contributed by atoms with Crippen molar-refractivity contribution in [1.29, 1.82) is 0 Å². The van der Waals surface area contributed by atoms with Gasteiger partial charge in [-0.25, -0.2) is 4.98 Å². The first-order chi connectivity index (χ1) is 7.65. The normalized spacial score (nSPS) is 10.6. The van der Waals surface area contributed by atoms with Gasteiger partial charge in [0.25, 0.3) is 0 Å². The molecule has 1 aromatic carbocycles. The fourth-order valence-corrected chi connectivity index (χ4v) is 2.91. The third-order valence-corrected chi connectivity index (χ3v) is 3.98. The van der Waals surface area contributed by atoms with E-state index in [0.717, 1.165) is 23.0 Å². The number of rotatable bonds is 3. The molecule has 4 heteroatoms. The Morgan fingerprint density at radius 2 is 2.19 bits per heavy atom. The highest BCUT2D eigenvalue weighted by molar-refractivity contribution is 9.10. The summed E-state index contributed by atoms with van der Waals surface area (Å²) >= 11 is 5.07. The highest BCUT2D eigenvalue weighted by Crippen LogP contribution is 2.22. The average molecular weight is 297 g/mol. The Morgan fingerprint density at radius 1 is 1.38 bits per heavy atom. The van der Waals surface area contributed by atoms with Crippen LogP contribution in [0.2, 0.25) is 0 Å². The number of benzene rings is 1. The molecule has 0 saturated carbocycles. The standard InChI is InChI=1S/C12H13BrN2S/c1-8-11(16-12(14)15-8)6-5-9-3-2-4-10(13)7-9/h2-4,7H,5-6H2,1H3,(H2,14,15). The Labute approximate surface area is 108 Å². The van der Waals surface area contributed by atoms with Crippen LogP contribution < -0.4 is 5.73 Å². The quantitative estimate of drug-likeness (QED) is 0.940. The molecule has 2 aromatic rings. The number of anilines is 1. The van der Waals surface area contributed by atoms with Crippen LogP contribution in [0.15, 0.2) is 28.7 Å². The SMILES string of the molecule is Cc1nc(N)sc1CCc1cccc(Br)c1. The third-order valence-electron chi connectivity index (χ3n) is 2.44. The van der Waals surface area contributed by atoms with E-state index in [4.69, 9.17) is 5.73 Å². The minimum atomic E-state index is 0.668. The van der Waals surface area contributed by atoms with Crippen molar-refractivity contribution in [3.8, 4) is 0 Å². The Bertz CT molecular complexity index is 494. The van der Waals surface area contributed by atoms with Crippen molar-refractivity contribution in [3.05, 3.63) is 44.9 Å². The van der Waals surface area contributed by atoms with Gasteiger partial charge in [-0.05, 0) is 37.5 Å². The molecule has 0 atom stereocenters. The predicted octanol–water partition coefficient (Wildman–Crippen LogP) is 3.58. The number of hydrogen-bond acceptors (Lipinski definition) is 3. The topological polar surface area (TPSA) is 38.9 Å². The maximum absolute atomic E-state index is 5.67. The molecule has 2 nitrogen and oxygen atoms in total. The second-order valence-electron chi connectivity index (χ2n) is 3.69. The van der Waals surface area contributed by atoms with E-state index in [0.29, 0.717) is 5.13 Å². The molecule has 0 spiro atoms.